The van der Waals surface area contributed by atoms with Gasteiger partial charge < -0.3 is 19.6 Å². The summed E-state index contributed by atoms with van der Waals surface area (Å²) in [5, 5.41) is 12.2. The van der Waals surface area contributed by atoms with E-state index in [1.807, 2.05) is 30.3 Å². The summed E-state index contributed by atoms with van der Waals surface area (Å²) in [5.74, 6) is -0.0859. The van der Waals surface area contributed by atoms with Crippen molar-refractivity contribution in [2.45, 2.75) is 19.9 Å². The Bertz CT molecular complexity index is 1500. The molecule has 0 spiro atoms. The SMILES string of the molecule is COc1cccc(C2/C(=C(/O)c3c[nH]c4ccccc34)C(=O)C(=O)N2c2ccc(OCC(C)C)cc2)c1. The number of ketones is 1. The number of aliphatic hydroxyl groups excluding tert-OH is 1. The molecule has 0 radical (unpaired) electrons. The minimum atomic E-state index is -0.855. The number of hydrogen-bond donors (Lipinski definition) is 2. The number of para-hydroxylation sites is 1. The van der Waals surface area contributed by atoms with Gasteiger partial charge in [0.2, 0.25) is 0 Å². The van der Waals surface area contributed by atoms with Crippen LogP contribution in [0.25, 0.3) is 16.7 Å². The molecule has 2 heterocycles. The van der Waals surface area contributed by atoms with Gasteiger partial charge in [-0.15, -0.1) is 0 Å². The summed E-state index contributed by atoms with van der Waals surface area (Å²) in [5.41, 5.74) is 2.44. The molecule has 4 aromatic rings. The molecule has 1 saturated heterocycles. The third-order valence-corrected chi connectivity index (χ3v) is 6.40. The second kappa shape index (κ2) is 9.85. The number of methoxy groups -OCH3 is 1. The summed E-state index contributed by atoms with van der Waals surface area (Å²) < 4.78 is 11.2. The van der Waals surface area contributed by atoms with Crippen LogP contribution in [-0.2, 0) is 9.59 Å². The molecule has 1 unspecified atom stereocenters. The van der Waals surface area contributed by atoms with Crippen LogP contribution in [0.15, 0.2) is 84.6 Å². The Labute approximate surface area is 214 Å². The zero-order valence-corrected chi connectivity index (χ0v) is 20.9. The first-order valence-corrected chi connectivity index (χ1v) is 12.1. The van der Waals surface area contributed by atoms with E-state index in [1.165, 1.54) is 4.90 Å². The molecule has 1 aliphatic heterocycles. The second-order valence-corrected chi connectivity index (χ2v) is 9.39. The average Bonchev–Trinajstić information content (AvgIpc) is 3.46. The molecular formula is C30H28N2O5. The molecule has 3 aromatic carbocycles. The predicted molar refractivity (Wildman–Crippen MR) is 143 cm³/mol. The van der Waals surface area contributed by atoms with Gasteiger partial charge in [0.05, 0.1) is 25.3 Å². The van der Waals surface area contributed by atoms with Gasteiger partial charge in [0, 0.05) is 28.4 Å². The maximum absolute atomic E-state index is 13.5. The molecule has 5 rings (SSSR count). The number of nitrogens with zero attached hydrogens (tertiary/aromatic N) is 1. The summed E-state index contributed by atoms with van der Waals surface area (Å²) in [6.07, 6.45) is 1.65. The number of amides is 1. The van der Waals surface area contributed by atoms with E-state index in [0.29, 0.717) is 40.8 Å². The fraction of sp³-hybridized carbons (Fsp3) is 0.200. The van der Waals surface area contributed by atoms with Crippen molar-refractivity contribution in [3.63, 3.8) is 0 Å². The van der Waals surface area contributed by atoms with Gasteiger partial charge in [-0.1, -0.05) is 44.2 Å². The summed E-state index contributed by atoms with van der Waals surface area (Å²) in [7, 11) is 1.55. The van der Waals surface area contributed by atoms with Crippen molar-refractivity contribution >= 4 is 34.0 Å². The number of ether oxygens (including phenoxy) is 2. The molecule has 1 atom stereocenters. The monoisotopic (exact) mass is 496 g/mol. The summed E-state index contributed by atoms with van der Waals surface area (Å²) in [6.45, 7) is 4.70. The first-order valence-electron chi connectivity index (χ1n) is 12.1. The lowest BCUT2D eigenvalue weighted by atomic mass is 9.95. The number of carbonyl (C=O) groups excluding carboxylic acids is 2. The average molecular weight is 497 g/mol. The fourth-order valence-electron chi connectivity index (χ4n) is 4.60. The Morgan fingerprint density at radius 2 is 1.76 bits per heavy atom. The van der Waals surface area contributed by atoms with Crippen molar-refractivity contribution in [3.05, 3.63) is 95.7 Å². The van der Waals surface area contributed by atoms with E-state index in [0.717, 1.165) is 10.9 Å². The van der Waals surface area contributed by atoms with Crippen molar-refractivity contribution in [3.8, 4) is 11.5 Å². The standard InChI is InChI=1S/C30H28N2O5/c1-18(2)17-37-21-13-11-20(12-14-21)32-27(19-7-6-8-22(15-19)36-3)26(29(34)30(32)35)28(33)24-16-31-25-10-5-4-9-23(24)25/h4-16,18,27,31,33H,17H2,1-3H3/b28-26-. The van der Waals surface area contributed by atoms with Crippen LogP contribution >= 0.6 is 0 Å². The van der Waals surface area contributed by atoms with Gasteiger partial charge in [0.1, 0.15) is 17.3 Å². The third-order valence-electron chi connectivity index (χ3n) is 6.40. The molecule has 188 valence electrons. The molecule has 37 heavy (non-hydrogen) atoms. The number of anilines is 1. The van der Waals surface area contributed by atoms with E-state index in [4.69, 9.17) is 9.47 Å². The van der Waals surface area contributed by atoms with Crippen LogP contribution in [0.4, 0.5) is 5.69 Å². The Morgan fingerprint density at radius 1 is 1.00 bits per heavy atom. The smallest absolute Gasteiger partial charge is 0.300 e. The maximum Gasteiger partial charge on any atom is 0.300 e. The molecular weight excluding hydrogens is 468 g/mol. The van der Waals surface area contributed by atoms with Crippen LogP contribution in [0.5, 0.6) is 11.5 Å². The zero-order chi connectivity index (χ0) is 26.1. The number of carbonyl (C=O) groups is 2. The van der Waals surface area contributed by atoms with Gasteiger partial charge in [-0.05, 0) is 53.9 Å². The molecule has 0 saturated carbocycles. The number of nitrogens with one attached hydrogen (secondary N) is 1. The molecule has 7 heteroatoms. The van der Waals surface area contributed by atoms with Crippen LogP contribution in [0.3, 0.4) is 0 Å². The summed E-state index contributed by atoms with van der Waals surface area (Å²) in [4.78, 5) is 31.5. The maximum atomic E-state index is 13.5. The number of benzene rings is 3. The van der Waals surface area contributed by atoms with Crippen LogP contribution < -0.4 is 14.4 Å². The number of aliphatic hydroxyl groups is 1. The van der Waals surface area contributed by atoms with Crippen LogP contribution in [0.2, 0.25) is 0 Å². The van der Waals surface area contributed by atoms with Gasteiger partial charge in [-0.2, -0.15) is 0 Å². The number of fused-ring (bicyclic) bond motifs is 1. The highest BCUT2D eigenvalue weighted by atomic mass is 16.5. The third kappa shape index (κ3) is 4.44. The van der Waals surface area contributed by atoms with E-state index in [2.05, 4.69) is 18.8 Å². The first-order chi connectivity index (χ1) is 17.9. The van der Waals surface area contributed by atoms with Crippen LogP contribution in [-0.4, -0.2) is 35.5 Å². The number of hydrogen-bond acceptors (Lipinski definition) is 5. The summed E-state index contributed by atoms with van der Waals surface area (Å²) in [6, 6.07) is 20.8. The van der Waals surface area contributed by atoms with Crippen molar-refractivity contribution in [2.75, 3.05) is 18.6 Å². The predicted octanol–water partition coefficient (Wildman–Crippen LogP) is 5.84. The van der Waals surface area contributed by atoms with E-state index in [-0.39, 0.29) is 11.3 Å². The zero-order valence-electron chi connectivity index (χ0n) is 20.9. The summed E-state index contributed by atoms with van der Waals surface area (Å²) >= 11 is 0. The van der Waals surface area contributed by atoms with Crippen LogP contribution in [0, 0.1) is 5.92 Å². The van der Waals surface area contributed by atoms with Gasteiger partial charge in [-0.25, -0.2) is 0 Å². The number of Topliss-reactive ketones (excluding diaryl/α,β-unsaturated/α-hetero) is 1. The number of aromatic amines is 1. The molecule has 1 amide bonds. The lowest BCUT2D eigenvalue weighted by Crippen LogP contribution is -2.29. The molecule has 2 N–H and O–H groups in total. The lowest BCUT2D eigenvalue weighted by molar-refractivity contribution is -0.132. The van der Waals surface area contributed by atoms with E-state index in [1.54, 1.807) is 55.8 Å². The molecule has 7 nitrogen and oxygen atoms in total. The molecule has 1 aliphatic rings. The Morgan fingerprint density at radius 3 is 2.49 bits per heavy atom. The minimum absolute atomic E-state index is 0.0168. The molecule has 0 aliphatic carbocycles. The van der Waals surface area contributed by atoms with Crippen LogP contribution in [0.1, 0.15) is 31.0 Å². The second-order valence-electron chi connectivity index (χ2n) is 9.39. The number of rotatable bonds is 7. The molecule has 1 fully saturated rings. The topological polar surface area (TPSA) is 91.9 Å². The van der Waals surface area contributed by atoms with E-state index < -0.39 is 17.7 Å². The van der Waals surface area contributed by atoms with Crippen molar-refractivity contribution in [1.82, 2.24) is 4.98 Å². The fourth-order valence-corrected chi connectivity index (χ4v) is 4.60. The Hall–Kier alpha value is -4.52. The Balaban J connectivity index is 1.65. The highest BCUT2D eigenvalue weighted by molar-refractivity contribution is 6.51. The van der Waals surface area contributed by atoms with Gasteiger partial charge >= 0.3 is 0 Å². The highest BCUT2D eigenvalue weighted by Gasteiger charge is 2.47. The number of H-pyrrole nitrogens is 1. The Kier molecular flexibility index (Phi) is 6.44. The van der Waals surface area contributed by atoms with E-state index in [9.17, 15) is 14.7 Å². The number of aromatic nitrogens is 1. The van der Waals surface area contributed by atoms with Gasteiger partial charge in [-0.3, -0.25) is 14.5 Å². The first kappa shape index (κ1) is 24.2. The highest BCUT2D eigenvalue weighted by Crippen LogP contribution is 2.43. The van der Waals surface area contributed by atoms with Gasteiger partial charge in [0.15, 0.2) is 0 Å². The largest absolute Gasteiger partial charge is 0.507 e. The lowest BCUT2D eigenvalue weighted by Gasteiger charge is -2.26. The van der Waals surface area contributed by atoms with Crippen molar-refractivity contribution in [1.29, 1.82) is 0 Å². The molecule has 1 aromatic heterocycles. The molecule has 0 bridgehead atoms. The van der Waals surface area contributed by atoms with Gasteiger partial charge in [0.25, 0.3) is 11.7 Å². The van der Waals surface area contributed by atoms with E-state index >= 15 is 0 Å². The normalized spacial score (nSPS) is 17.1. The minimum Gasteiger partial charge on any atom is -0.507 e. The quantitative estimate of drug-likeness (QED) is 0.191. The van der Waals surface area contributed by atoms with Crippen molar-refractivity contribution < 1.29 is 24.2 Å². The van der Waals surface area contributed by atoms with Crippen molar-refractivity contribution in [2.24, 2.45) is 5.92 Å².